The number of amides is 2. The topological polar surface area (TPSA) is 62.2 Å². The van der Waals surface area contributed by atoms with Gasteiger partial charge in [0.15, 0.2) is 5.72 Å². The molecule has 2 aliphatic rings. The number of rotatable bonds is 4. The Morgan fingerprint density at radius 3 is 2.03 bits per heavy atom. The van der Waals surface area contributed by atoms with E-state index in [4.69, 9.17) is 27.9 Å². The number of nitrogens with zero attached hydrogens (tertiary/aromatic N) is 2. The number of halogens is 5. The monoisotopic (exact) mass is 538 g/mol. The number of anilines is 2. The van der Waals surface area contributed by atoms with Crippen LogP contribution in [-0.4, -0.2) is 36.3 Å². The summed E-state index contributed by atoms with van der Waals surface area (Å²) in [5.41, 5.74) is -2.80. The fourth-order valence-electron chi connectivity index (χ4n) is 4.93. The largest absolute Gasteiger partial charge is 0.573 e. The van der Waals surface area contributed by atoms with E-state index in [9.17, 15) is 23.1 Å². The summed E-state index contributed by atoms with van der Waals surface area (Å²) in [5, 5.41) is 13.4. The van der Waals surface area contributed by atoms with Gasteiger partial charge in [0.2, 0.25) is 0 Å². The first-order valence-corrected chi connectivity index (χ1v) is 11.6. The van der Waals surface area contributed by atoms with Gasteiger partial charge in [0.05, 0.1) is 6.61 Å². The molecule has 188 valence electrons. The molecular formula is C25H19Cl2F3N2O4. The van der Waals surface area contributed by atoms with Crippen molar-refractivity contribution in [3.63, 3.8) is 0 Å². The second-order valence-electron chi connectivity index (χ2n) is 8.49. The molecule has 0 bridgehead atoms. The standard InChI is InChI=1S/C25H19Cl2F3N2O4/c26-17-4-8-19(9-5-17)31-22(33)32(20-10-6-18(27)7-11-20)24(34,23(31)12-13-35-15-23)16-2-1-3-21(14-16)36-25(28,29)30/h1-11,14,34H,12-13,15H2/t23-,24+/m1/s1. The van der Waals surface area contributed by atoms with E-state index in [1.54, 1.807) is 48.5 Å². The maximum Gasteiger partial charge on any atom is 0.573 e. The van der Waals surface area contributed by atoms with Crippen LogP contribution in [0.4, 0.5) is 29.3 Å². The minimum atomic E-state index is -4.94. The lowest BCUT2D eigenvalue weighted by Gasteiger charge is -2.44. The summed E-state index contributed by atoms with van der Waals surface area (Å²) in [6.45, 7) is 0.138. The van der Waals surface area contributed by atoms with Gasteiger partial charge in [-0.15, -0.1) is 13.2 Å². The van der Waals surface area contributed by atoms with Gasteiger partial charge in [-0.1, -0.05) is 35.3 Å². The van der Waals surface area contributed by atoms with E-state index >= 15 is 0 Å². The lowest BCUT2D eigenvalue weighted by molar-refractivity contribution is -0.274. The average molecular weight is 539 g/mol. The smallest absolute Gasteiger partial charge is 0.406 e. The van der Waals surface area contributed by atoms with E-state index in [0.717, 1.165) is 17.0 Å². The predicted molar refractivity (Wildman–Crippen MR) is 128 cm³/mol. The number of hydrogen-bond donors (Lipinski definition) is 1. The summed E-state index contributed by atoms with van der Waals surface area (Å²) in [6.07, 6.45) is -4.74. The normalized spacial score (nSPS) is 24.1. The van der Waals surface area contributed by atoms with Gasteiger partial charge in [-0.2, -0.15) is 0 Å². The molecule has 2 amide bonds. The van der Waals surface area contributed by atoms with Gasteiger partial charge in [0.1, 0.15) is 11.3 Å². The van der Waals surface area contributed by atoms with Crippen LogP contribution in [0.2, 0.25) is 10.0 Å². The highest BCUT2D eigenvalue weighted by atomic mass is 35.5. The van der Waals surface area contributed by atoms with Gasteiger partial charge in [0, 0.05) is 40.0 Å². The zero-order chi connectivity index (χ0) is 25.7. The van der Waals surface area contributed by atoms with Gasteiger partial charge in [-0.05, 0) is 60.7 Å². The average Bonchev–Trinajstić information content (AvgIpc) is 3.38. The molecule has 0 radical (unpaired) electrons. The van der Waals surface area contributed by atoms with Crippen molar-refractivity contribution < 1.29 is 32.5 Å². The third-order valence-corrected chi connectivity index (χ3v) is 6.93. The second-order valence-corrected chi connectivity index (χ2v) is 9.36. The van der Waals surface area contributed by atoms with Crippen molar-refractivity contribution in [3.05, 3.63) is 88.4 Å². The first-order valence-electron chi connectivity index (χ1n) is 10.9. The highest BCUT2D eigenvalue weighted by molar-refractivity contribution is 6.31. The molecular weight excluding hydrogens is 520 g/mol. The summed E-state index contributed by atoms with van der Waals surface area (Å²) in [4.78, 5) is 16.7. The Balaban J connectivity index is 1.75. The summed E-state index contributed by atoms with van der Waals surface area (Å²) >= 11 is 12.1. The molecule has 1 N–H and O–H groups in total. The number of benzene rings is 3. The molecule has 6 nitrogen and oxygen atoms in total. The number of urea groups is 1. The van der Waals surface area contributed by atoms with Crippen molar-refractivity contribution in [2.24, 2.45) is 0 Å². The minimum absolute atomic E-state index is 0.0227. The third-order valence-electron chi connectivity index (χ3n) is 6.42. The molecule has 2 heterocycles. The highest BCUT2D eigenvalue weighted by Gasteiger charge is 2.70. The Bertz CT molecular complexity index is 1280. The van der Waals surface area contributed by atoms with Crippen molar-refractivity contribution in [1.29, 1.82) is 0 Å². The number of hydrogen-bond acceptors (Lipinski definition) is 4. The molecule has 0 saturated carbocycles. The van der Waals surface area contributed by atoms with Gasteiger partial charge in [-0.25, -0.2) is 4.79 Å². The molecule has 11 heteroatoms. The quantitative estimate of drug-likeness (QED) is 0.420. The number of alkyl halides is 3. The third kappa shape index (κ3) is 3.96. The molecule has 3 aromatic rings. The number of carbonyl (C=O) groups is 1. The molecule has 3 aromatic carbocycles. The zero-order valence-electron chi connectivity index (χ0n) is 18.5. The molecule has 0 unspecified atom stereocenters. The highest BCUT2D eigenvalue weighted by Crippen LogP contribution is 2.54. The van der Waals surface area contributed by atoms with Crippen LogP contribution in [0, 0.1) is 0 Å². The number of aliphatic hydroxyl groups is 1. The van der Waals surface area contributed by atoms with E-state index in [1.807, 2.05) is 0 Å². The zero-order valence-corrected chi connectivity index (χ0v) is 20.0. The first kappa shape index (κ1) is 24.7. The summed E-state index contributed by atoms with van der Waals surface area (Å²) < 4.78 is 48.8. The van der Waals surface area contributed by atoms with Crippen LogP contribution in [0.25, 0.3) is 0 Å². The van der Waals surface area contributed by atoms with E-state index in [-0.39, 0.29) is 30.9 Å². The molecule has 2 saturated heterocycles. The summed E-state index contributed by atoms with van der Waals surface area (Å²) in [6, 6.07) is 17.1. The van der Waals surface area contributed by atoms with Crippen molar-refractivity contribution in [3.8, 4) is 5.75 Å². The Kier molecular flexibility index (Phi) is 6.07. The Hall–Kier alpha value is -2.98. The molecule has 2 fully saturated rings. The molecule has 5 rings (SSSR count). The lowest BCUT2D eigenvalue weighted by Crippen LogP contribution is -2.60. The second kappa shape index (κ2) is 8.85. The van der Waals surface area contributed by atoms with E-state index in [0.29, 0.717) is 15.7 Å². The van der Waals surface area contributed by atoms with Gasteiger partial charge >= 0.3 is 12.4 Å². The maximum atomic E-state index is 14.1. The minimum Gasteiger partial charge on any atom is -0.406 e. The Labute approximate surface area is 214 Å². The van der Waals surface area contributed by atoms with Crippen LogP contribution < -0.4 is 14.5 Å². The fraction of sp³-hybridized carbons (Fsp3) is 0.240. The molecule has 36 heavy (non-hydrogen) atoms. The van der Waals surface area contributed by atoms with Crippen LogP contribution >= 0.6 is 23.2 Å². The number of ether oxygens (including phenoxy) is 2. The van der Waals surface area contributed by atoms with Crippen molar-refractivity contribution in [2.75, 3.05) is 23.0 Å². The van der Waals surface area contributed by atoms with Crippen LogP contribution in [0.3, 0.4) is 0 Å². The van der Waals surface area contributed by atoms with Crippen molar-refractivity contribution in [2.45, 2.75) is 24.0 Å². The van der Waals surface area contributed by atoms with Crippen molar-refractivity contribution in [1.82, 2.24) is 0 Å². The Morgan fingerprint density at radius 2 is 1.50 bits per heavy atom. The lowest BCUT2D eigenvalue weighted by atomic mass is 9.79. The van der Waals surface area contributed by atoms with Crippen molar-refractivity contribution >= 4 is 40.6 Å². The fourth-order valence-corrected chi connectivity index (χ4v) is 5.19. The summed E-state index contributed by atoms with van der Waals surface area (Å²) in [5.74, 6) is -0.532. The molecule has 0 aliphatic carbocycles. The molecule has 1 spiro atoms. The maximum absolute atomic E-state index is 14.1. The molecule has 2 atom stereocenters. The van der Waals surface area contributed by atoms with E-state index in [1.165, 1.54) is 17.0 Å². The summed E-state index contributed by atoms with van der Waals surface area (Å²) in [7, 11) is 0. The van der Waals surface area contributed by atoms with Gasteiger partial charge in [0.25, 0.3) is 0 Å². The molecule has 0 aromatic heterocycles. The number of carbonyl (C=O) groups excluding carboxylic acids is 1. The van der Waals surface area contributed by atoms with Crippen LogP contribution in [0.1, 0.15) is 12.0 Å². The van der Waals surface area contributed by atoms with E-state index in [2.05, 4.69) is 4.74 Å². The van der Waals surface area contributed by atoms with Crippen LogP contribution in [0.5, 0.6) is 5.75 Å². The van der Waals surface area contributed by atoms with Crippen LogP contribution in [0.15, 0.2) is 72.8 Å². The van der Waals surface area contributed by atoms with Gasteiger partial charge in [-0.3, -0.25) is 9.80 Å². The molecule has 2 aliphatic heterocycles. The first-order chi connectivity index (χ1) is 17.0. The van der Waals surface area contributed by atoms with Gasteiger partial charge < -0.3 is 14.6 Å². The predicted octanol–water partition coefficient (Wildman–Crippen LogP) is 6.34. The van der Waals surface area contributed by atoms with E-state index < -0.39 is 29.4 Å². The Morgan fingerprint density at radius 1 is 0.917 bits per heavy atom. The SMILES string of the molecule is O=C1N(c2ccc(Cl)cc2)[C@@]2(CCOC2)[C@@](O)(c2cccc(OC(F)(F)F)c2)N1c1ccc(Cl)cc1. The van der Waals surface area contributed by atoms with Crippen LogP contribution in [-0.2, 0) is 10.5 Å².